The van der Waals surface area contributed by atoms with E-state index in [0.717, 1.165) is 49.2 Å². The number of rotatable bonds is 3. The average Bonchev–Trinajstić information content (AvgIpc) is 3.19. The molecule has 0 radical (unpaired) electrons. The van der Waals surface area contributed by atoms with Crippen LogP contribution >= 0.6 is 0 Å². The van der Waals surface area contributed by atoms with Gasteiger partial charge in [-0.25, -0.2) is 4.39 Å². The van der Waals surface area contributed by atoms with Crippen molar-refractivity contribution in [1.29, 1.82) is 0 Å². The van der Waals surface area contributed by atoms with Crippen LogP contribution in [0.3, 0.4) is 0 Å². The number of nitrogens with zero attached hydrogens (tertiary/aromatic N) is 3. The second kappa shape index (κ2) is 4.83. The molecule has 2 aromatic rings. The Kier molecular flexibility index (Phi) is 2.94. The summed E-state index contributed by atoms with van der Waals surface area (Å²) in [5.74, 6) is 1.73. The Bertz CT molecular complexity index is 678. The first-order chi connectivity index (χ1) is 10.2. The van der Waals surface area contributed by atoms with Gasteiger partial charge in [0, 0.05) is 12.5 Å². The lowest BCUT2D eigenvalue weighted by atomic mass is 9.99. The standard InChI is InChI=1S/C16H18FN3O/c1-10-7-12-3-2-6-20(15(12)13(17)8-10)9-14-18-16(19-21-14)11-4-5-11/h7-8,11H,2-6,9H2,1H3. The second-order valence-corrected chi connectivity index (χ2v) is 6.10. The highest BCUT2D eigenvalue weighted by atomic mass is 19.1. The number of aromatic nitrogens is 2. The van der Waals surface area contributed by atoms with Gasteiger partial charge in [-0.05, 0) is 49.8 Å². The van der Waals surface area contributed by atoms with Crippen LogP contribution in [-0.4, -0.2) is 16.7 Å². The van der Waals surface area contributed by atoms with Crippen molar-refractivity contribution in [3.05, 3.63) is 40.8 Å². The lowest BCUT2D eigenvalue weighted by Crippen LogP contribution is -2.30. The van der Waals surface area contributed by atoms with Crippen LogP contribution in [0.4, 0.5) is 10.1 Å². The van der Waals surface area contributed by atoms with Gasteiger partial charge in [0.25, 0.3) is 0 Å². The van der Waals surface area contributed by atoms with Crippen molar-refractivity contribution < 1.29 is 8.91 Å². The zero-order valence-electron chi connectivity index (χ0n) is 12.1. The molecule has 1 saturated carbocycles. The lowest BCUT2D eigenvalue weighted by molar-refractivity contribution is 0.369. The maximum atomic E-state index is 14.3. The average molecular weight is 287 g/mol. The molecule has 4 nitrogen and oxygen atoms in total. The van der Waals surface area contributed by atoms with E-state index in [-0.39, 0.29) is 5.82 Å². The predicted octanol–water partition coefficient (Wildman–Crippen LogP) is 3.35. The van der Waals surface area contributed by atoms with E-state index in [4.69, 9.17) is 4.52 Å². The molecule has 1 aromatic carbocycles. The third-order valence-corrected chi connectivity index (χ3v) is 4.23. The molecule has 0 unspecified atom stereocenters. The zero-order chi connectivity index (χ0) is 14.4. The summed E-state index contributed by atoms with van der Waals surface area (Å²) in [5, 5.41) is 4.03. The molecule has 2 heterocycles. The first-order valence-electron chi connectivity index (χ1n) is 7.57. The first-order valence-corrected chi connectivity index (χ1v) is 7.57. The van der Waals surface area contributed by atoms with E-state index in [2.05, 4.69) is 16.2 Å². The molecule has 5 heteroatoms. The molecule has 0 bridgehead atoms. The number of hydrogen-bond donors (Lipinski definition) is 0. The fraction of sp³-hybridized carbons (Fsp3) is 0.500. The van der Waals surface area contributed by atoms with Crippen molar-refractivity contribution >= 4 is 5.69 Å². The highest BCUT2D eigenvalue weighted by molar-refractivity contribution is 5.57. The van der Waals surface area contributed by atoms with E-state index < -0.39 is 0 Å². The lowest BCUT2D eigenvalue weighted by Gasteiger charge is -2.30. The Balaban J connectivity index is 1.61. The minimum absolute atomic E-state index is 0.147. The Morgan fingerprint density at radius 3 is 3.05 bits per heavy atom. The summed E-state index contributed by atoms with van der Waals surface area (Å²) >= 11 is 0. The number of fused-ring (bicyclic) bond motifs is 1. The molecular weight excluding hydrogens is 269 g/mol. The zero-order valence-corrected chi connectivity index (χ0v) is 12.1. The summed E-state index contributed by atoms with van der Waals surface area (Å²) in [5.41, 5.74) is 2.76. The SMILES string of the molecule is Cc1cc(F)c2c(c1)CCCN2Cc1nc(C2CC2)no1. The number of aryl methyl sites for hydroxylation is 2. The van der Waals surface area contributed by atoms with Crippen molar-refractivity contribution in [2.75, 3.05) is 11.4 Å². The summed E-state index contributed by atoms with van der Waals surface area (Å²) in [4.78, 5) is 6.47. The van der Waals surface area contributed by atoms with Gasteiger partial charge in [0.15, 0.2) is 5.82 Å². The van der Waals surface area contributed by atoms with E-state index in [0.29, 0.717) is 24.0 Å². The monoisotopic (exact) mass is 287 g/mol. The van der Waals surface area contributed by atoms with Gasteiger partial charge >= 0.3 is 0 Å². The highest BCUT2D eigenvalue weighted by Gasteiger charge is 2.29. The predicted molar refractivity (Wildman–Crippen MR) is 76.8 cm³/mol. The van der Waals surface area contributed by atoms with Crippen LogP contribution in [0, 0.1) is 12.7 Å². The number of hydrogen-bond acceptors (Lipinski definition) is 4. The third-order valence-electron chi connectivity index (χ3n) is 4.23. The largest absolute Gasteiger partial charge is 0.360 e. The molecule has 2 aliphatic rings. The van der Waals surface area contributed by atoms with Crippen LogP contribution in [0.25, 0.3) is 0 Å². The summed E-state index contributed by atoms with van der Waals surface area (Å²) in [7, 11) is 0. The van der Waals surface area contributed by atoms with Gasteiger partial charge in [-0.15, -0.1) is 0 Å². The Morgan fingerprint density at radius 1 is 1.38 bits per heavy atom. The fourth-order valence-electron chi connectivity index (χ4n) is 3.08. The number of halogens is 1. The van der Waals surface area contributed by atoms with Gasteiger partial charge in [0.1, 0.15) is 5.82 Å². The van der Waals surface area contributed by atoms with Crippen LogP contribution in [0.15, 0.2) is 16.7 Å². The summed E-state index contributed by atoms with van der Waals surface area (Å²) in [6.07, 6.45) is 4.26. The number of anilines is 1. The number of benzene rings is 1. The Hall–Kier alpha value is -1.91. The molecule has 0 amide bonds. The Morgan fingerprint density at radius 2 is 2.24 bits per heavy atom. The summed E-state index contributed by atoms with van der Waals surface area (Å²) in [6, 6.07) is 3.68. The van der Waals surface area contributed by atoms with E-state index in [1.54, 1.807) is 6.07 Å². The molecule has 1 aliphatic carbocycles. The molecule has 1 aliphatic heterocycles. The van der Waals surface area contributed by atoms with Crippen molar-refractivity contribution in [3.63, 3.8) is 0 Å². The molecule has 21 heavy (non-hydrogen) atoms. The second-order valence-electron chi connectivity index (χ2n) is 6.10. The van der Waals surface area contributed by atoms with Gasteiger partial charge in [0.05, 0.1) is 12.2 Å². The minimum Gasteiger partial charge on any atom is -0.360 e. The van der Waals surface area contributed by atoms with Gasteiger partial charge in [-0.3, -0.25) is 0 Å². The van der Waals surface area contributed by atoms with Gasteiger partial charge in [-0.2, -0.15) is 4.98 Å². The van der Waals surface area contributed by atoms with Crippen LogP contribution in [0.5, 0.6) is 0 Å². The van der Waals surface area contributed by atoms with Crippen LogP contribution in [0.1, 0.15) is 48.0 Å². The topological polar surface area (TPSA) is 42.2 Å². The third kappa shape index (κ3) is 2.41. The molecule has 110 valence electrons. The van der Waals surface area contributed by atoms with Crippen molar-refractivity contribution in [2.45, 2.75) is 45.1 Å². The van der Waals surface area contributed by atoms with Crippen LogP contribution < -0.4 is 4.90 Å². The van der Waals surface area contributed by atoms with Crippen molar-refractivity contribution in [1.82, 2.24) is 10.1 Å². The van der Waals surface area contributed by atoms with Gasteiger partial charge in [-0.1, -0.05) is 11.2 Å². The van der Waals surface area contributed by atoms with E-state index >= 15 is 0 Å². The molecule has 0 N–H and O–H groups in total. The molecule has 0 saturated heterocycles. The quantitative estimate of drug-likeness (QED) is 0.868. The van der Waals surface area contributed by atoms with E-state index in [1.165, 1.54) is 0 Å². The van der Waals surface area contributed by atoms with E-state index in [1.807, 2.05) is 11.8 Å². The first kappa shape index (κ1) is 12.8. The van der Waals surface area contributed by atoms with Crippen molar-refractivity contribution in [2.24, 2.45) is 0 Å². The normalized spacial score (nSPS) is 17.9. The fourth-order valence-corrected chi connectivity index (χ4v) is 3.08. The molecule has 1 aromatic heterocycles. The van der Waals surface area contributed by atoms with Crippen LogP contribution in [-0.2, 0) is 13.0 Å². The Labute approximate surface area is 123 Å². The van der Waals surface area contributed by atoms with Crippen molar-refractivity contribution in [3.8, 4) is 0 Å². The molecule has 4 rings (SSSR count). The highest BCUT2D eigenvalue weighted by Crippen LogP contribution is 2.38. The summed E-state index contributed by atoms with van der Waals surface area (Å²) < 4.78 is 19.6. The maximum Gasteiger partial charge on any atom is 0.246 e. The van der Waals surface area contributed by atoms with Crippen LogP contribution in [0.2, 0.25) is 0 Å². The maximum absolute atomic E-state index is 14.3. The molecule has 0 atom stereocenters. The van der Waals surface area contributed by atoms with E-state index in [9.17, 15) is 4.39 Å². The minimum atomic E-state index is -0.147. The molecule has 0 spiro atoms. The summed E-state index contributed by atoms with van der Waals surface area (Å²) in [6.45, 7) is 3.25. The molecule has 1 fully saturated rings. The van der Waals surface area contributed by atoms with Gasteiger partial charge < -0.3 is 9.42 Å². The van der Waals surface area contributed by atoms with Gasteiger partial charge in [0.2, 0.25) is 5.89 Å². The molecular formula is C16H18FN3O. The smallest absolute Gasteiger partial charge is 0.246 e.